The van der Waals surface area contributed by atoms with Crippen molar-refractivity contribution in [2.75, 3.05) is 0 Å². The molecule has 0 aliphatic carbocycles. The van der Waals surface area contributed by atoms with Crippen LogP contribution in [0.15, 0.2) is 60.8 Å². The fraction of sp³-hybridized carbons (Fsp3) is 0.200. The Labute approximate surface area is 166 Å². The van der Waals surface area contributed by atoms with Crippen LogP contribution in [0.1, 0.15) is 16.7 Å². The van der Waals surface area contributed by atoms with Gasteiger partial charge in [0.05, 0.1) is 17.7 Å². The summed E-state index contributed by atoms with van der Waals surface area (Å²) in [5.41, 5.74) is 9.10. The zero-order valence-corrected chi connectivity index (χ0v) is 15.7. The second kappa shape index (κ2) is 8.36. The first-order valence-corrected chi connectivity index (χ1v) is 8.85. The summed E-state index contributed by atoms with van der Waals surface area (Å²) in [4.78, 5) is 8.50. The average molecular weight is 402 g/mol. The van der Waals surface area contributed by atoms with Gasteiger partial charge in [-0.1, -0.05) is 29.8 Å². The highest BCUT2D eigenvalue weighted by Gasteiger charge is 2.36. The quantitative estimate of drug-likeness (QED) is 0.435. The first-order chi connectivity index (χ1) is 13.8. The molecule has 6 nitrogen and oxygen atoms in total. The van der Waals surface area contributed by atoms with E-state index < -0.39 is 17.6 Å². The molecule has 0 aliphatic heterocycles. The number of benzene rings is 1. The van der Waals surface area contributed by atoms with Gasteiger partial charge in [-0.2, -0.15) is 13.2 Å². The highest BCUT2D eigenvalue weighted by molar-refractivity contribution is 5.69. The monoisotopic (exact) mass is 402 g/mol. The summed E-state index contributed by atoms with van der Waals surface area (Å²) in [7, 11) is 0. The first kappa shape index (κ1) is 20.4. The van der Waals surface area contributed by atoms with Gasteiger partial charge in [-0.3, -0.25) is 10.8 Å². The molecule has 0 saturated carbocycles. The normalized spacial score (nSPS) is 12.6. The number of hydrogen-bond acceptors (Lipinski definition) is 5. The molecule has 0 amide bonds. The Morgan fingerprint density at radius 2 is 1.83 bits per heavy atom. The van der Waals surface area contributed by atoms with E-state index in [1.165, 1.54) is 29.5 Å². The second-order valence-corrected chi connectivity index (χ2v) is 6.59. The van der Waals surface area contributed by atoms with Crippen molar-refractivity contribution in [3.05, 3.63) is 77.5 Å². The number of hydrazine groups is 1. The third-order valence-corrected chi connectivity index (χ3v) is 4.44. The maximum Gasteiger partial charge on any atom is 0.434 e. The topological polar surface area (TPSA) is 94.8 Å². The molecule has 0 fully saturated rings. The zero-order chi connectivity index (χ0) is 21.0. The number of imidazole rings is 1. The lowest BCUT2D eigenvalue weighted by Crippen LogP contribution is -2.34. The van der Waals surface area contributed by atoms with E-state index in [4.69, 9.17) is 11.6 Å². The van der Waals surface area contributed by atoms with Gasteiger partial charge in [-0.15, -0.1) is 0 Å². The van der Waals surface area contributed by atoms with E-state index in [2.05, 4.69) is 34.2 Å². The molecule has 0 radical (unpaired) electrons. The van der Waals surface area contributed by atoms with Crippen LogP contribution < -0.4 is 17.0 Å². The van der Waals surface area contributed by atoms with E-state index in [9.17, 15) is 13.2 Å². The standard InChI is InChI=1S/C20H21F3N6/c1-13-2-4-14(5-3-13)7-9-29-11-17(27-12-29)16-10-15(6-8-26-16)18(24)19(28-25)20(21,22)23/h2-6,8,10-12,28H,7,9,24-25H2,1H3/b19-18-. The van der Waals surface area contributed by atoms with E-state index in [1.54, 1.807) is 17.9 Å². The molecule has 152 valence electrons. The molecular weight excluding hydrogens is 381 g/mol. The van der Waals surface area contributed by atoms with Crippen LogP contribution in [0.3, 0.4) is 0 Å². The predicted octanol–water partition coefficient (Wildman–Crippen LogP) is 3.15. The summed E-state index contributed by atoms with van der Waals surface area (Å²) in [6, 6.07) is 11.1. The highest BCUT2D eigenvalue weighted by atomic mass is 19.4. The van der Waals surface area contributed by atoms with Crippen molar-refractivity contribution < 1.29 is 13.2 Å². The summed E-state index contributed by atoms with van der Waals surface area (Å²) in [6.07, 6.45) is 0.981. The van der Waals surface area contributed by atoms with Crippen LogP contribution in [0.25, 0.3) is 17.1 Å². The summed E-state index contributed by atoms with van der Waals surface area (Å²) < 4.78 is 41.0. The van der Waals surface area contributed by atoms with Crippen molar-refractivity contribution in [1.29, 1.82) is 0 Å². The molecule has 0 unspecified atom stereocenters. The molecule has 0 spiro atoms. The molecule has 5 N–H and O–H groups in total. The van der Waals surface area contributed by atoms with Crippen LogP contribution in [0.5, 0.6) is 0 Å². The number of hydrogen-bond donors (Lipinski definition) is 3. The Morgan fingerprint density at radius 3 is 2.48 bits per heavy atom. The Hall–Kier alpha value is -3.33. The van der Waals surface area contributed by atoms with Crippen LogP contribution in [0.2, 0.25) is 0 Å². The molecule has 0 aliphatic rings. The molecule has 2 heterocycles. The largest absolute Gasteiger partial charge is 0.434 e. The molecule has 0 saturated heterocycles. The fourth-order valence-electron chi connectivity index (χ4n) is 2.82. The van der Waals surface area contributed by atoms with E-state index in [0.29, 0.717) is 17.9 Å². The minimum atomic E-state index is -4.69. The number of aromatic nitrogens is 3. The van der Waals surface area contributed by atoms with Crippen molar-refractivity contribution in [3.8, 4) is 11.4 Å². The summed E-state index contributed by atoms with van der Waals surface area (Å²) in [5, 5.41) is 0. The third kappa shape index (κ3) is 4.94. The van der Waals surface area contributed by atoms with Crippen LogP contribution in [0.4, 0.5) is 13.2 Å². The molecule has 9 heteroatoms. The predicted molar refractivity (Wildman–Crippen MR) is 105 cm³/mol. The van der Waals surface area contributed by atoms with E-state index in [1.807, 2.05) is 11.5 Å². The average Bonchev–Trinajstić information content (AvgIpc) is 3.16. The first-order valence-electron chi connectivity index (χ1n) is 8.85. The summed E-state index contributed by atoms with van der Waals surface area (Å²) in [6.45, 7) is 2.75. The van der Waals surface area contributed by atoms with E-state index in [-0.39, 0.29) is 5.56 Å². The number of nitrogens with two attached hydrogens (primary N) is 2. The molecule has 2 aromatic heterocycles. The van der Waals surface area contributed by atoms with Gasteiger partial charge in [0, 0.05) is 24.5 Å². The number of halogens is 3. The summed E-state index contributed by atoms with van der Waals surface area (Å²) in [5.74, 6) is 5.00. The van der Waals surface area contributed by atoms with Gasteiger partial charge < -0.3 is 15.7 Å². The molecule has 0 atom stereocenters. The van der Waals surface area contributed by atoms with Gasteiger partial charge in [-0.25, -0.2) is 4.98 Å². The van der Waals surface area contributed by atoms with Crippen LogP contribution >= 0.6 is 0 Å². The van der Waals surface area contributed by atoms with Gasteiger partial charge in [0.25, 0.3) is 0 Å². The van der Waals surface area contributed by atoms with Gasteiger partial charge >= 0.3 is 6.18 Å². The van der Waals surface area contributed by atoms with Crippen molar-refractivity contribution in [2.24, 2.45) is 11.6 Å². The Balaban J connectivity index is 1.79. The Morgan fingerprint density at radius 1 is 1.10 bits per heavy atom. The molecular formula is C20H21F3N6. The summed E-state index contributed by atoms with van der Waals surface area (Å²) >= 11 is 0. The minimum Gasteiger partial charge on any atom is -0.397 e. The maximum atomic E-state index is 13.0. The fourth-order valence-corrected chi connectivity index (χ4v) is 2.82. The highest BCUT2D eigenvalue weighted by Crippen LogP contribution is 2.28. The zero-order valence-electron chi connectivity index (χ0n) is 15.7. The van der Waals surface area contributed by atoms with Gasteiger partial charge in [0.2, 0.25) is 0 Å². The lowest BCUT2D eigenvalue weighted by Gasteiger charge is -2.14. The molecule has 1 aromatic carbocycles. The van der Waals surface area contributed by atoms with Crippen molar-refractivity contribution in [2.45, 2.75) is 26.1 Å². The Kier molecular flexibility index (Phi) is 5.88. The molecule has 3 aromatic rings. The van der Waals surface area contributed by atoms with E-state index >= 15 is 0 Å². The second-order valence-electron chi connectivity index (χ2n) is 6.59. The van der Waals surface area contributed by atoms with Crippen molar-refractivity contribution in [3.63, 3.8) is 0 Å². The number of aryl methyl sites for hydroxylation is 3. The minimum absolute atomic E-state index is 0.148. The van der Waals surface area contributed by atoms with Crippen molar-refractivity contribution >= 4 is 5.70 Å². The lowest BCUT2D eigenvalue weighted by atomic mass is 10.1. The van der Waals surface area contributed by atoms with Gasteiger partial charge in [0.1, 0.15) is 5.69 Å². The third-order valence-electron chi connectivity index (χ3n) is 4.44. The van der Waals surface area contributed by atoms with Crippen LogP contribution in [-0.2, 0) is 13.0 Å². The van der Waals surface area contributed by atoms with Crippen LogP contribution in [0, 0.1) is 6.92 Å². The molecule has 0 bridgehead atoms. The smallest absolute Gasteiger partial charge is 0.397 e. The molecule has 3 rings (SSSR count). The number of nitrogens with zero attached hydrogens (tertiary/aromatic N) is 3. The van der Waals surface area contributed by atoms with Crippen molar-refractivity contribution in [1.82, 2.24) is 20.0 Å². The number of allylic oxidation sites excluding steroid dienone is 1. The van der Waals surface area contributed by atoms with Gasteiger partial charge in [-0.05, 0) is 31.0 Å². The van der Waals surface area contributed by atoms with Gasteiger partial charge in [0.15, 0.2) is 5.70 Å². The number of rotatable bonds is 6. The lowest BCUT2D eigenvalue weighted by molar-refractivity contribution is -0.0961. The number of pyridine rings is 1. The molecule has 29 heavy (non-hydrogen) atoms. The van der Waals surface area contributed by atoms with Crippen LogP contribution in [-0.4, -0.2) is 20.7 Å². The number of nitrogens with one attached hydrogen (secondary N) is 1. The maximum absolute atomic E-state index is 13.0. The number of alkyl halides is 3. The van der Waals surface area contributed by atoms with E-state index in [0.717, 1.165) is 6.42 Å². The Bertz CT molecular complexity index is 1010. The SMILES string of the molecule is Cc1ccc(CCn2cnc(-c3cc(/C(N)=C(/NN)C(F)(F)F)ccn3)c2)cc1.